The van der Waals surface area contributed by atoms with Crippen LogP contribution in [0.4, 0.5) is 0 Å². The van der Waals surface area contributed by atoms with E-state index in [0.717, 1.165) is 12.7 Å². The van der Waals surface area contributed by atoms with E-state index in [0.29, 0.717) is 19.3 Å². The fraction of sp³-hybridized carbons (Fsp3) is 0.778. The van der Waals surface area contributed by atoms with Gasteiger partial charge in [0.15, 0.2) is 0 Å². The summed E-state index contributed by atoms with van der Waals surface area (Å²) in [5, 5.41) is 0. The van der Waals surface area contributed by atoms with Gasteiger partial charge in [-0.25, -0.2) is 0 Å². The van der Waals surface area contributed by atoms with E-state index < -0.39 is 0 Å². The first kappa shape index (κ1) is 10.3. The second-order valence-electron chi connectivity index (χ2n) is 2.83. The van der Waals surface area contributed by atoms with Gasteiger partial charge < -0.3 is 4.79 Å². The Morgan fingerprint density at radius 2 is 2.18 bits per heavy atom. The number of ketones is 1. The molecule has 0 rings (SSSR count). The predicted molar refractivity (Wildman–Crippen MR) is 44.4 cm³/mol. The lowest BCUT2D eigenvalue weighted by atomic mass is 9.99. The van der Waals surface area contributed by atoms with Crippen molar-refractivity contribution in [2.24, 2.45) is 5.92 Å². The highest BCUT2D eigenvalue weighted by atomic mass is 16.1. The van der Waals surface area contributed by atoms with E-state index in [1.54, 1.807) is 0 Å². The highest BCUT2D eigenvalue weighted by Crippen LogP contribution is 2.07. The Morgan fingerprint density at radius 3 is 2.64 bits per heavy atom. The zero-order valence-corrected chi connectivity index (χ0v) is 7.30. The maximum atomic E-state index is 11.1. The molecule has 0 amide bonds. The number of hydrogen-bond donors (Lipinski definition) is 0. The first-order valence-electron chi connectivity index (χ1n) is 4.18. The summed E-state index contributed by atoms with van der Waals surface area (Å²) in [6.07, 6.45) is 3.56. The average molecular weight is 156 g/mol. The fourth-order valence-corrected chi connectivity index (χ4v) is 0.834. The van der Waals surface area contributed by atoms with Gasteiger partial charge in [0, 0.05) is 18.8 Å². The van der Waals surface area contributed by atoms with E-state index in [2.05, 4.69) is 0 Å². The molecule has 0 heterocycles. The number of carbonyl (C=O) groups excluding carboxylic acids is 2. The van der Waals surface area contributed by atoms with Crippen molar-refractivity contribution in [1.82, 2.24) is 0 Å². The Morgan fingerprint density at radius 1 is 1.55 bits per heavy atom. The summed E-state index contributed by atoms with van der Waals surface area (Å²) in [7, 11) is 0. The Hall–Kier alpha value is -0.660. The molecule has 0 fully saturated rings. The van der Waals surface area contributed by atoms with Crippen molar-refractivity contribution in [2.75, 3.05) is 0 Å². The summed E-state index contributed by atoms with van der Waals surface area (Å²) in [4.78, 5) is 21.0. The fourth-order valence-electron chi connectivity index (χ4n) is 0.834. The lowest BCUT2D eigenvalue weighted by Crippen LogP contribution is -2.09. The van der Waals surface area contributed by atoms with Crippen LogP contribution in [0, 0.1) is 5.92 Å². The van der Waals surface area contributed by atoms with Crippen molar-refractivity contribution >= 4 is 12.1 Å². The molecular formula is C9H16O2. The number of Topliss-reactive ketones (excluding diaryl/α,β-unsaturated/α-hetero) is 1. The van der Waals surface area contributed by atoms with Crippen LogP contribution < -0.4 is 0 Å². The molecule has 0 saturated heterocycles. The molecule has 2 nitrogen and oxygen atoms in total. The molecule has 0 aromatic heterocycles. The third-order valence-electron chi connectivity index (χ3n) is 1.91. The molecule has 0 bridgehead atoms. The molecule has 0 spiro atoms. The highest BCUT2D eigenvalue weighted by molar-refractivity contribution is 5.80. The van der Waals surface area contributed by atoms with Crippen molar-refractivity contribution in [3.63, 3.8) is 0 Å². The molecule has 0 aliphatic carbocycles. The van der Waals surface area contributed by atoms with Gasteiger partial charge in [-0.05, 0) is 12.8 Å². The van der Waals surface area contributed by atoms with Crippen LogP contribution in [-0.4, -0.2) is 12.1 Å². The molecule has 1 atom stereocenters. The number of unbranched alkanes of at least 4 members (excludes halogenated alkanes) is 1. The first-order chi connectivity index (χ1) is 5.22. The monoisotopic (exact) mass is 156 g/mol. The van der Waals surface area contributed by atoms with Gasteiger partial charge in [-0.3, -0.25) is 4.79 Å². The summed E-state index contributed by atoms with van der Waals surface area (Å²) >= 11 is 0. The summed E-state index contributed by atoms with van der Waals surface area (Å²) in [6, 6.07) is 0. The molecule has 0 aromatic carbocycles. The largest absolute Gasteiger partial charge is 0.303 e. The average Bonchev–Trinajstić information content (AvgIpc) is 2.03. The molecule has 1 unspecified atom stereocenters. The number of carbonyl (C=O) groups is 2. The number of hydrogen-bond acceptors (Lipinski definition) is 2. The van der Waals surface area contributed by atoms with Crippen LogP contribution in [0.1, 0.15) is 39.5 Å². The van der Waals surface area contributed by atoms with Crippen LogP contribution >= 0.6 is 0 Å². The molecule has 0 saturated carbocycles. The standard InChI is InChI=1S/C9H16O2/c1-3-8(2)9(11)6-4-5-7-10/h7-8H,3-6H2,1-2H3. The molecule has 64 valence electrons. The lowest BCUT2D eigenvalue weighted by molar-refractivity contribution is -0.122. The minimum atomic E-state index is 0.168. The van der Waals surface area contributed by atoms with Gasteiger partial charge in [0.2, 0.25) is 0 Å². The summed E-state index contributed by atoms with van der Waals surface area (Å²) in [5.41, 5.74) is 0. The van der Waals surface area contributed by atoms with Gasteiger partial charge in [0.25, 0.3) is 0 Å². The molecule has 0 aromatic rings. The lowest BCUT2D eigenvalue weighted by Gasteiger charge is -2.04. The zero-order chi connectivity index (χ0) is 8.69. The Balaban J connectivity index is 3.43. The zero-order valence-electron chi connectivity index (χ0n) is 7.30. The summed E-state index contributed by atoms with van der Waals surface area (Å²) in [6.45, 7) is 3.94. The van der Waals surface area contributed by atoms with E-state index in [1.165, 1.54) is 0 Å². The Labute approximate surface area is 68.0 Å². The Bertz CT molecular complexity index is 130. The third-order valence-corrected chi connectivity index (χ3v) is 1.91. The van der Waals surface area contributed by atoms with E-state index in [1.807, 2.05) is 13.8 Å². The van der Waals surface area contributed by atoms with Gasteiger partial charge in [-0.15, -0.1) is 0 Å². The smallest absolute Gasteiger partial charge is 0.135 e. The van der Waals surface area contributed by atoms with E-state index >= 15 is 0 Å². The van der Waals surface area contributed by atoms with Crippen LogP contribution in [-0.2, 0) is 9.59 Å². The van der Waals surface area contributed by atoms with E-state index in [4.69, 9.17) is 0 Å². The second-order valence-corrected chi connectivity index (χ2v) is 2.83. The molecule has 0 radical (unpaired) electrons. The van der Waals surface area contributed by atoms with Crippen LogP contribution in [0.3, 0.4) is 0 Å². The Kier molecular flexibility index (Phi) is 5.71. The van der Waals surface area contributed by atoms with Crippen molar-refractivity contribution in [3.8, 4) is 0 Å². The topological polar surface area (TPSA) is 34.1 Å². The highest BCUT2D eigenvalue weighted by Gasteiger charge is 2.08. The first-order valence-corrected chi connectivity index (χ1v) is 4.18. The molecule has 0 aliphatic rings. The van der Waals surface area contributed by atoms with Crippen LogP contribution in [0.5, 0.6) is 0 Å². The van der Waals surface area contributed by atoms with Gasteiger partial charge in [0.05, 0.1) is 0 Å². The van der Waals surface area contributed by atoms with E-state index in [-0.39, 0.29) is 11.7 Å². The van der Waals surface area contributed by atoms with E-state index in [9.17, 15) is 9.59 Å². The van der Waals surface area contributed by atoms with Crippen LogP contribution in [0.2, 0.25) is 0 Å². The van der Waals surface area contributed by atoms with Crippen LogP contribution in [0.15, 0.2) is 0 Å². The molecule has 11 heavy (non-hydrogen) atoms. The maximum absolute atomic E-state index is 11.1. The summed E-state index contributed by atoms with van der Waals surface area (Å²) in [5.74, 6) is 0.455. The van der Waals surface area contributed by atoms with Gasteiger partial charge in [-0.1, -0.05) is 13.8 Å². The minimum Gasteiger partial charge on any atom is -0.303 e. The van der Waals surface area contributed by atoms with Gasteiger partial charge in [0.1, 0.15) is 12.1 Å². The quantitative estimate of drug-likeness (QED) is 0.435. The maximum Gasteiger partial charge on any atom is 0.135 e. The number of aldehydes is 1. The van der Waals surface area contributed by atoms with Crippen LogP contribution in [0.25, 0.3) is 0 Å². The minimum absolute atomic E-state index is 0.168. The SMILES string of the molecule is CCC(C)C(=O)CCCC=O. The predicted octanol–water partition coefficient (Wildman–Crippen LogP) is 1.97. The normalized spacial score (nSPS) is 12.5. The molecule has 0 N–H and O–H groups in total. The second kappa shape index (κ2) is 6.08. The molecule has 2 heteroatoms. The summed E-state index contributed by atoms with van der Waals surface area (Å²) < 4.78 is 0. The molecule has 0 aliphatic heterocycles. The number of rotatable bonds is 6. The van der Waals surface area contributed by atoms with Crippen molar-refractivity contribution < 1.29 is 9.59 Å². The van der Waals surface area contributed by atoms with Crippen molar-refractivity contribution in [3.05, 3.63) is 0 Å². The van der Waals surface area contributed by atoms with Gasteiger partial charge >= 0.3 is 0 Å². The van der Waals surface area contributed by atoms with Crippen molar-refractivity contribution in [2.45, 2.75) is 39.5 Å². The third kappa shape index (κ3) is 4.71. The van der Waals surface area contributed by atoms with Crippen molar-refractivity contribution in [1.29, 1.82) is 0 Å². The molecular weight excluding hydrogens is 140 g/mol. The van der Waals surface area contributed by atoms with Gasteiger partial charge in [-0.2, -0.15) is 0 Å².